The van der Waals surface area contributed by atoms with E-state index < -0.39 is 10.0 Å². The molecular weight excluding hydrogens is 370 g/mol. The van der Waals surface area contributed by atoms with Crippen LogP contribution in [0.4, 0.5) is 0 Å². The molecule has 1 unspecified atom stereocenters. The van der Waals surface area contributed by atoms with E-state index in [1.807, 2.05) is 7.05 Å². The maximum atomic E-state index is 12.5. The number of nitrogens with one attached hydrogen (secondary N) is 2. The van der Waals surface area contributed by atoms with Crippen LogP contribution in [-0.2, 0) is 14.8 Å². The lowest BCUT2D eigenvalue weighted by atomic mass is 10.1. The number of ether oxygens (including phenoxy) is 2. The summed E-state index contributed by atoms with van der Waals surface area (Å²) < 4.78 is 38.6. The van der Waals surface area contributed by atoms with Gasteiger partial charge in [-0.2, -0.15) is 0 Å². The molecule has 2 heterocycles. The van der Waals surface area contributed by atoms with E-state index in [0.29, 0.717) is 37.3 Å². The minimum absolute atomic E-state index is 0.0312. The highest BCUT2D eigenvalue weighted by atomic mass is 32.2. The Balaban J connectivity index is 1.55. The Labute approximate surface area is 160 Å². The number of rotatable bonds is 6. The minimum Gasteiger partial charge on any atom is -0.490 e. The molecule has 1 fully saturated rings. The summed E-state index contributed by atoms with van der Waals surface area (Å²) in [4.78, 5) is 14.2. The van der Waals surface area contributed by atoms with Gasteiger partial charge in [0.1, 0.15) is 0 Å². The molecule has 0 spiro atoms. The lowest BCUT2D eigenvalue weighted by Gasteiger charge is -2.32. The van der Waals surface area contributed by atoms with Gasteiger partial charge in [0, 0.05) is 44.6 Å². The number of fused-ring (bicyclic) bond motifs is 1. The summed E-state index contributed by atoms with van der Waals surface area (Å²) in [5, 5.41) is 3.19. The molecular formula is C18H27N3O5S. The number of piperidine rings is 1. The van der Waals surface area contributed by atoms with Gasteiger partial charge in [0.25, 0.3) is 0 Å². The van der Waals surface area contributed by atoms with Crippen molar-refractivity contribution in [3.05, 3.63) is 18.2 Å². The summed E-state index contributed by atoms with van der Waals surface area (Å²) in [5.41, 5.74) is 0. The number of sulfonamides is 1. The average molecular weight is 397 g/mol. The molecule has 0 aliphatic carbocycles. The topological polar surface area (TPSA) is 97.0 Å². The van der Waals surface area contributed by atoms with Crippen molar-refractivity contribution < 1.29 is 22.7 Å². The molecule has 2 aliphatic heterocycles. The molecule has 1 saturated heterocycles. The van der Waals surface area contributed by atoms with Gasteiger partial charge in [-0.25, -0.2) is 13.1 Å². The number of nitrogens with zero attached hydrogens (tertiary/aromatic N) is 1. The summed E-state index contributed by atoms with van der Waals surface area (Å²) in [5.74, 6) is 0.944. The third-order valence-corrected chi connectivity index (χ3v) is 6.30. The maximum Gasteiger partial charge on any atom is 0.240 e. The summed E-state index contributed by atoms with van der Waals surface area (Å²) in [6, 6.07) is 4.86. The molecule has 1 aromatic rings. The maximum absolute atomic E-state index is 12.5. The quantitative estimate of drug-likeness (QED) is 0.735. The van der Waals surface area contributed by atoms with Crippen molar-refractivity contribution in [1.29, 1.82) is 0 Å². The Morgan fingerprint density at radius 2 is 2.00 bits per heavy atom. The Morgan fingerprint density at radius 1 is 1.22 bits per heavy atom. The monoisotopic (exact) mass is 397 g/mol. The minimum atomic E-state index is -3.72. The Hall–Kier alpha value is -1.84. The van der Waals surface area contributed by atoms with Gasteiger partial charge in [-0.15, -0.1) is 0 Å². The van der Waals surface area contributed by atoms with Crippen molar-refractivity contribution >= 4 is 15.9 Å². The highest BCUT2D eigenvalue weighted by molar-refractivity contribution is 7.89. The van der Waals surface area contributed by atoms with Crippen LogP contribution in [0.25, 0.3) is 0 Å². The van der Waals surface area contributed by atoms with E-state index in [-0.39, 0.29) is 23.8 Å². The zero-order valence-corrected chi connectivity index (χ0v) is 16.4. The highest BCUT2D eigenvalue weighted by Gasteiger charge is 2.23. The Morgan fingerprint density at radius 3 is 2.78 bits per heavy atom. The molecule has 8 nitrogen and oxygen atoms in total. The van der Waals surface area contributed by atoms with Gasteiger partial charge < -0.3 is 19.7 Å². The van der Waals surface area contributed by atoms with E-state index in [0.717, 1.165) is 25.8 Å². The second kappa shape index (κ2) is 8.90. The van der Waals surface area contributed by atoms with Crippen LogP contribution in [0, 0.1) is 0 Å². The van der Waals surface area contributed by atoms with Gasteiger partial charge >= 0.3 is 0 Å². The number of carbonyl (C=O) groups excluding carboxylic acids is 1. The zero-order chi connectivity index (χ0) is 19.3. The first-order valence-corrected chi connectivity index (χ1v) is 10.8. The van der Waals surface area contributed by atoms with Gasteiger partial charge in [-0.05, 0) is 32.0 Å². The van der Waals surface area contributed by atoms with E-state index in [1.54, 1.807) is 11.0 Å². The fraction of sp³-hybridized carbons (Fsp3) is 0.611. The predicted octanol–water partition coefficient (Wildman–Crippen LogP) is 0.727. The normalized spacial score (nSPS) is 20.2. The fourth-order valence-corrected chi connectivity index (χ4v) is 4.33. The van der Waals surface area contributed by atoms with E-state index in [1.165, 1.54) is 12.1 Å². The van der Waals surface area contributed by atoms with Crippen LogP contribution in [0.2, 0.25) is 0 Å². The number of likely N-dealkylation sites (N-methyl/N-ethyl adjacent to an activating group) is 1. The fourth-order valence-electron chi connectivity index (χ4n) is 3.28. The van der Waals surface area contributed by atoms with Gasteiger partial charge in [0.15, 0.2) is 11.5 Å². The highest BCUT2D eigenvalue weighted by Crippen LogP contribution is 2.31. The van der Waals surface area contributed by atoms with Crippen molar-refractivity contribution in [3.8, 4) is 11.5 Å². The molecule has 1 aromatic carbocycles. The largest absolute Gasteiger partial charge is 0.490 e. The van der Waals surface area contributed by atoms with Crippen molar-refractivity contribution in [2.45, 2.75) is 36.6 Å². The van der Waals surface area contributed by atoms with Crippen LogP contribution in [0.1, 0.15) is 25.7 Å². The van der Waals surface area contributed by atoms with E-state index >= 15 is 0 Å². The van der Waals surface area contributed by atoms with E-state index in [2.05, 4.69) is 10.0 Å². The second-order valence-corrected chi connectivity index (χ2v) is 8.54. The van der Waals surface area contributed by atoms with Crippen molar-refractivity contribution in [3.63, 3.8) is 0 Å². The number of hydrogen-bond acceptors (Lipinski definition) is 6. The van der Waals surface area contributed by atoms with Crippen LogP contribution in [0.3, 0.4) is 0 Å². The summed E-state index contributed by atoms with van der Waals surface area (Å²) in [6.45, 7) is 2.50. The molecule has 9 heteroatoms. The molecule has 150 valence electrons. The predicted molar refractivity (Wildman–Crippen MR) is 101 cm³/mol. The second-order valence-electron chi connectivity index (χ2n) is 6.77. The van der Waals surface area contributed by atoms with Crippen LogP contribution in [0.5, 0.6) is 11.5 Å². The summed E-state index contributed by atoms with van der Waals surface area (Å²) in [7, 11) is -1.83. The van der Waals surface area contributed by atoms with Gasteiger partial charge in [-0.3, -0.25) is 4.79 Å². The average Bonchev–Trinajstić information content (AvgIpc) is 2.92. The number of likely N-dealkylation sites (tertiary alicyclic amines) is 1. The van der Waals surface area contributed by atoms with Crippen LogP contribution < -0.4 is 19.5 Å². The standard InChI is InChI=1S/C18H27N3O5S/c1-19-14-4-2-9-21(13-14)18(22)7-8-20-27(23,24)15-5-6-16-17(12-15)26-11-3-10-25-16/h5-6,12,14,19-20H,2-4,7-11,13H2,1H3. The molecule has 2 N–H and O–H groups in total. The number of benzene rings is 1. The molecule has 0 bridgehead atoms. The van der Waals surface area contributed by atoms with Crippen LogP contribution in [0.15, 0.2) is 23.1 Å². The van der Waals surface area contributed by atoms with Crippen molar-refractivity contribution in [2.75, 3.05) is 39.9 Å². The molecule has 2 aliphatic rings. The van der Waals surface area contributed by atoms with Gasteiger partial charge in [-0.1, -0.05) is 0 Å². The third-order valence-electron chi connectivity index (χ3n) is 4.84. The molecule has 3 rings (SSSR count). The molecule has 0 aromatic heterocycles. The molecule has 1 atom stereocenters. The first kappa shape index (κ1) is 19.9. The SMILES string of the molecule is CNC1CCCN(C(=O)CCNS(=O)(=O)c2ccc3c(c2)OCCCO3)C1. The van der Waals surface area contributed by atoms with Gasteiger partial charge in [0.05, 0.1) is 18.1 Å². The third kappa shape index (κ3) is 5.12. The lowest BCUT2D eigenvalue weighted by molar-refractivity contribution is -0.132. The van der Waals surface area contributed by atoms with Crippen molar-refractivity contribution in [2.24, 2.45) is 0 Å². The molecule has 0 saturated carbocycles. The lowest BCUT2D eigenvalue weighted by Crippen LogP contribution is -2.47. The number of amides is 1. The van der Waals surface area contributed by atoms with E-state index in [4.69, 9.17) is 9.47 Å². The van der Waals surface area contributed by atoms with Crippen LogP contribution in [-0.4, -0.2) is 65.2 Å². The molecule has 0 radical (unpaired) electrons. The Kier molecular flexibility index (Phi) is 6.56. The zero-order valence-electron chi connectivity index (χ0n) is 15.6. The molecule has 1 amide bonds. The first-order chi connectivity index (χ1) is 13.0. The first-order valence-electron chi connectivity index (χ1n) is 9.34. The van der Waals surface area contributed by atoms with Gasteiger partial charge in [0.2, 0.25) is 15.9 Å². The number of hydrogen-bond donors (Lipinski definition) is 2. The van der Waals surface area contributed by atoms with Crippen molar-refractivity contribution in [1.82, 2.24) is 14.9 Å². The van der Waals surface area contributed by atoms with Crippen LogP contribution >= 0.6 is 0 Å². The summed E-state index contributed by atoms with van der Waals surface area (Å²) in [6.07, 6.45) is 2.90. The summed E-state index contributed by atoms with van der Waals surface area (Å²) >= 11 is 0. The van der Waals surface area contributed by atoms with E-state index in [9.17, 15) is 13.2 Å². The smallest absolute Gasteiger partial charge is 0.240 e. The number of carbonyl (C=O) groups is 1. The Bertz CT molecular complexity index is 768. The molecule has 27 heavy (non-hydrogen) atoms.